The molecule has 0 saturated heterocycles. The summed E-state index contributed by atoms with van der Waals surface area (Å²) in [6.45, 7) is 0. The van der Waals surface area contributed by atoms with Crippen LogP contribution in [-0.2, 0) is 7.05 Å². The van der Waals surface area contributed by atoms with Gasteiger partial charge in [0.25, 0.3) is 5.01 Å². The van der Waals surface area contributed by atoms with Gasteiger partial charge in [0.2, 0.25) is 5.52 Å². The topological polar surface area (TPSA) is 15.9 Å². The van der Waals surface area contributed by atoms with Crippen LogP contribution < -0.4 is 9.88 Å². The second kappa shape index (κ2) is 4.65. The molecule has 3 aromatic rings. The highest BCUT2D eigenvalue weighted by Gasteiger charge is 2.19. The number of thiazole rings is 1. The number of hydrogen-bond acceptors (Lipinski definition) is 3. The summed E-state index contributed by atoms with van der Waals surface area (Å²) in [4.78, 5) is 1.29. The average molecular weight is 297 g/mol. The molecule has 4 heteroatoms. The molecule has 0 saturated carbocycles. The van der Waals surface area contributed by atoms with Crippen molar-refractivity contribution in [1.29, 1.82) is 0 Å². The van der Waals surface area contributed by atoms with Crippen molar-refractivity contribution in [2.24, 2.45) is 7.05 Å². The maximum absolute atomic E-state index is 3.47. The van der Waals surface area contributed by atoms with Crippen molar-refractivity contribution < 1.29 is 4.57 Å². The van der Waals surface area contributed by atoms with E-state index in [0.29, 0.717) is 0 Å². The predicted molar refractivity (Wildman–Crippen MR) is 86.9 cm³/mol. The van der Waals surface area contributed by atoms with Gasteiger partial charge in [-0.2, -0.15) is 4.57 Å². The van der Waals surface area contributed by atoms with Crippen LogP contribution in [-0.4, -0.2) is 0 Å². The number of anilines is 1. The van der Waals surface area contributed by atoms with Crippen LogP contribution in [0.1, 0.15) is 5.01 Å². The average Bonchev–Trinajstić information content (AvgIpc) is 3.01. The Labute approximate surface area is 125 Å². The van der Waals surface area contributed by atoms with E-state index in [1.165, 1.54) is 30.8 Å². The van der Waals surface area contributed by atoms with Crippen LogP contribution in [0.15, 0.2) is 58.5 Å². The summed E-state index contributed by atoms with van der Waals surface area (Å²) >= 11 is 3.62. The first kappa shape index (κ1) is 12.0. The van der Waals surface area contributed by atoms with Gasteiger partial charge in [-0.3, -0.25) is 0 Å². The second-order valence-corrected chi connectivity index (χ2v) is 6.84. The van der Waals surface area contributed by atoms with Crippen molar-refractivity contribution in [2.45, 2.75) is 4.90 Å². The van der Waals surface area contributed by atoms with Gasteiger partial charge in [0.05, 0.1) is 16.8 Å². The third-order valence-corrected chi connectivity index (χ3v) is 5.57. The van der Waals surface area contributed by atoms with Crippen molar-refractivity contribution in [3.8, 4) is 0 Å². The maximum Gasteiger partial charge on any atom is 0.265 e. The fraction of sp³-hybridized carbons (Fsp3) is 0.0625. The second-order valence-electron chi connectivity index (χ2n) is 4.70. The van der Waals surface area contributed by atoms with Gasteiger partial charge in [0.1, 0.15) is 11.7 Å². The number of aryl methyl sites for hydroxylation is 1. The molecule has 2 nitrogen and oxygen atoms in total. The first-order valence-corrected chi connectivity index (χ1v) is 8.08. The Morgan fingerprint density at radius 2 is 1.85 bits per heavy atom. The van der Waals surface area contributed by atoms with Crippen LogP contribution in [0.4, 0.5) is 5.69 Å². The lowest BCUT2D eigenvalue weighted by Gasteiger charge is -1.95. The highest BCUT2D eigenvalue weighted by molar-refractivity contribution is 8.03. The van der Waals surface area contributed by atoms with E-state index in [0.717, 1.165) is 0 Å². The van der Waals surface area contributed by atoms with Gasteiger partial charge < -0.3 is 5.32 Å². The van der Waals surface area contributed by atoms with E-state index in [-0.39, 0.29) is 0 Å². The first-order valence-electron chi connectivity index (χ1n) is 6.44. The van der Waals surface area contributed by atoms with Gasteiger partial charge in [-0.1, -0.05) is 47.4 Å². The number of thioether (sulfide) groups is 1. The Kier molecular flexibility index (Phi) is 2.79. The monoisotopic (exact) mass is 297 g/mol. The number of hydrogen-bond donors (Lipinski definition) is 1. The minimum Gasteiger partial charge on any atom is -0.349 e. The normalized spacial score (nSPS) is 15.6. The molecule has 20 heavy (non-hydrogen) atoms. The van der Waals surface area contributed by atoms with Gasteiger partial charge in [0, 0.05) is 11.0 Å². The van der Waals surface area contributed by atoms with E-state index in [2.05, 4.69) is 71.5 Å². The zero-order chi connectivity index (χ0) is 13.5. The van der Waals surface area contributed by atoms with Gasteiger partial charge >= 0.3 is 0 Å². The smallest absolute Gasteiger partial charge is 0.265 e. The van der Waals surface area contributed by atoms with E-state index in [4.69, 9.17) is 0 Å². The molecule has 0 bridgehead atoms. The van der Waals surface area contributed by atoms with E-state index >= 15 is 0 Å². The molecule has 0 atom stereocenters. The number of para-hydroxylation sites is 2. The van der Waals surface area contributed by atoms with E-state index in [1.54, 1.807) is 11.8 Å². The summed E-state index contributed by atoms with van der Waals surface area (Å²) < 4.78 is 3.57. The highest BCUT2D eigenvalue weighted by atomic mass is 32.2. The molecule has 0 spiro atoms. The van der Waals surface area contributed by atoms with Gasteiger partial charge in [0.15, 0.2) is 0 Å². The molecule has 1 aromatic heterocycles. The summed E-state index contributed by atoms with van der Waals surface area (Å²) in [5, 5.41) is 5.92. The fourth-order valence-electron chi connectivity index (χ4n) is 2.36. The zero-order valence-electron chi connectivity index (χ0n) is 11.0. The van der Waals surface area contributed by atoms with Crippen LogP contribution in [0.2, 0.25) is 0 Å². The highest BCUT2D eigenvalue weighted by Crippen LogP contribution is 2.41. The van der Waals surface area contributed by atoms with Crippen LogP contribution >= 0.6 is 23.1 Å². The van der Waals surface area contributed by atoms with Crippen molar-refractivity contribution in [1.82, 2.24) is 0 Å². The summed E-state index contributed by atoms with van der Waals surface area (Å²) in [7, 11) is 2.12. The predicted octanol–water partition coefficient (Wildman–Crippen LogP) is 4.24. The lowest BCUT2D eigenvalue weighted by Crippen LogP contribution is -2.28. The Hall–Kier alpha value is -1.78. The molecule has 0 radical (unpaired) electrons. The van der Waals surface area contributed by atoms with E-state index in [9.17, 15) is 0 Å². The van der Waals surface area contributed by atoms with Gasteiger partial charge in [-0.05, 0) is 18.2 Å². The molecule has 0 aliphatic carbocycles. The van der Waals surface area contributed by atoms with Gasteiger partial charge in [-0.15, -0.1) is 0 Å². The zero-order valence-corrected chi connectivity index (χ0v) is 12.6. The SMILES string of the molecule is C[n+]1c(/C=C2\Nc3ccccc3S2)sc2ccccc21. The third-order valence-electron chi connectivity index (χ3n) is 3.39. The molecular formula is C16H13N2S2+. The molecule has 1 aliphatic heterocycles. The number of aromatic nitrogens is 1. The molecule has 0 fully saturated rings. The van der Waals surface area contributed by atoms with E-state index < -0.39 is 0 Å². The fourth-order valence-corrected chi connectivity index (χ4v) is 4.47. The van der Waals surface area contributed by atoms with Gasteiger partial charge in [-0.25, -0.2) is 0 Å². The quantitative estimate of drug-likeness (QED) is 0.676. The summed E-state index contributed by atoms with van der Waals surface area (Å²) in [5.74, 6) is 0. The molecule has 0 amide bonds. The van der Waals surface area contributed by atoms with Crippen LogP contribution in [0, 0.1) is 0 Å². The minimum atomic E-state index is 1.19. The molecule has 1 N–H and O–H groups in total. The molecule has 2 aromatic carbocycles. The van der Waals surface area contributed by atoms with E-state index in [1.807, 2.05) is 11.3 Å². The summed E-state index contributed by atoms with van der Waals surface area (Å²) in [6.07, 6.45) is 2.23. The van der Waals surface area contributed by atoms with Crippen molar-refractivity contribution in [3.05, 3.63) is 58.6 Å². The third kappa shape index (κ3) is 1.92. The van der Waals surface area contributed by atoms with Crippen LogP contribution in [0.3, 0.4) is 0 Å². The maximum atomic E-state index is 3.47. The Morgan fingerprint density at radius 1 is 1.05 bits per heavy atom. The lowest BCUT2D eigenvalue weighted by atomic mass is 10.3. The largest absolute Gasteiger partial charge is 0.349 e. The number of fused-ring (bicyclic) bond motifs is 2. The van der Waals surface area contributed by atoms with Crippen molar-refractivity contribution >= 4 is 45.1 Å². The minimum absolute atomic E-state index is 1.19. The number of nitrogens with one attached hydrogen (secondary N) is 1. The summed E-state index contributed by atoms with van der Waals surface area (Å²) in [6, 6.07) is 16.9. The Balaban J connectivity index is 1.75. The number of nitrogens with zero attached hydrogens (tertiary/aromatic N) is 1. The van der Waals surface area contributed by atoms with Crippen molar-refractivity contribution in [2.75, 3.05) is 5.32 Å². The first-order chi connectivity index (χ1) is 9.81. The molecule has 4 rings (SSSR count). The molecule has 0 unspecified atom stereocenters. The van der Waals surface area contributed by atoms with Crippen LogP contribution in [0.5, 0.6) is 0 Å². The molecular weight excluding hydrogens is 284 g/mol. The van der Waals surface area contributed by atoms with Crippen molar-refractivity contribution in [3.63, 3.8) is 0 Å². The molecule has 2 heterocycles. The summed E-state index contributed by atoms with van der Waals surface area (Å²) in [5.41, 5.74) is 2.48. The molecule has 98 valence electrons. The Morgan fingerprint density at radius 3 is 2.70 bits per heavy atom. The Bertz CT molecular complexity index is 806. The number of rotatable bonds is 1. The lowest BCUT2D eigenvalue weighted by molar-refractivity contribution is -0.642. The van der Waals surface area contributed by atoms with Crippen LogP contribution in [0.25, 0.3) is 16.3 Å². The number of benzene rings is 2. The standard InChI is InChI=1S/C16H12N2S2/c1-18-12-7-3-5-9-14(12)20-16(18)10-15-17-11-6-2-4-8-13(11)19-15/h2-10H,1H3/p+1. The molecule has 1 aliphatic rings.